The van der Waals surface area contributed by atoms with E-state index >= 15 is 0 Å². The molecule has 1 aromatic heterocycles. The number of rotatable bonds is 9. The molecule has 0 atom stereocenters. The van der Waals surface area contributed by atoms with Crippen molar-refractivity contribution < 1.29 is 4.74 Å². The zero-order chi connectivity index (χ0) is 24.8. The number of hydrogen-bond acceptors (Lipinski definition) is 4. The molecule has 0 spiro atoms. The summed E-state index contributed by atoms with van der Waals surface area (Å²) in [4.78, 5) is 12.9. The lowest BCUT2D eigenvalue weighted by molar-refractivity contribution is 0.178. The standard InChI is InChI=1S/C30H34N4O/c1-6-35-21-7-8-22-9-11-25(12-10-22)30-31-28(23-13-17-26(18-14-23)33(2)3)29(32-30)24-15-19-27(20-16-24)34(4)5/h7-20H,6,21H2,1-5H3,(H,31,32). The Hall–Kier alpha value is -3.83. The van der Waals surface area contributed by atoms with E-state index in [1.807, 2.05) is 13.0 Å². The monoisotopic (exact) mass is 466 g/mol. The van der Waals surface area contributed by atoms with Crippen LogP contribution in [-0.2, 0) is 4.74 Å². The van der Waals surface area contributed by atoms with Gasteiger partial charge in [-0.3, -0.25) is 0 Å². The number of nitrogens with one attached hydrogen (secondary N) is 1. The second-order valence-electron chi connectivity index (χ2n) is 8.88. The molecule has 1 N–H and O–H groups in total. The fraction of sp³-hybridized carbons (Fsp3) is 0.233. The number of hydrogen-bond donors (Lipinski definition) is 1. The number of aromatic nitrogens is 2. The molecular weight excluding hydrogens is 432 g/mol. The molecule has 0 radical (unpaired) electrons. The molecule has 1 heterocycles. The quantitative estimate of drug-likeness (QED) is 0.283. The van der Waals surface area contributed by atoms with Gasteiger partial charge >= 0.3 is 0 Å². The van der Waals surface area contributed by atoms with Crippen LogP contribution in [0.2, 0.25) is 0 Å². The van der Waals surface area contributed by atoms with E-state index in [-0.39, 0.29) is 0 Å². The summed E-state index contributed by atoms with van der Waals surface area (Å²) in [7, 11) is 8.21. The van der Waals surface area contributed by atoms with E-state index in [2.05, 4.69) is 122 Å². The third-order valence-electron chi connectivity index (χ3n) is 5.95. The Kier molecular flexibility index (Phi) is 7.68. The van der Waals surface area contributed by atoms with Gasteiger partial charge in [-0.1, -0.05) is 60.7 Å². The van der Waals surface area contributed by atoms with Crippen molar-refractivity contribution in [2.45, 2.75) is 6.92 Å². The molecule has 4 aromatic rings. The number of benzene rings is 3. The third kappa shape index (κ3) is 5.81. The highest BCUT2D eigenvalue weighted by Crippen LogP contribution is 2.34. The minimum atomic E-state index is 0.627. The van der Waals surface area contributed by atoms with Crippen molar-refractivity contribution in [3.05, 3.63) is 84.4 Å². The molecule has 0 amide bonds. The maximum Gasteiger partial charge on any atom is 0.138 e. The molecule has 0 unspecified atom stereocenters. The molecule has 0 aliphatic carbocycles. The summed E-state index contributed by atoms with van der Waals surface area (Å²) < 4.78 is 5.38. The fourth-order valence-electron chi connectivity index (χ4n) is 3.89. The first-order valence-electron chi connectivity index (χ1n) is 12.0. The highest BCUT2D eigenvalue weighted by molar-refractivity contribution is 5.82. The summed E-state index contributed by atoms with van der Waals surface area (Å²) >= 11 is 0. The first-order chi connectivity index (χ1) is 17.0. The zero-order valence-electron chi connectivity index (χ0n) is 21.2. The Balaban J connectivity index is 1.71. The zero-order valence-corrected chi connectivity index (χ0v) is 21.2. The summed E-state index contributed by atoms with van der Waals surface area (Å²) in [5.74, 6) is 0.855. The van der Waals surface area contributed by atoms with Crippen LogP contribution < -0.4 is 9.80 Å². The first-order valence-corrected chi connectivity index (χ1v) is 12.0. The minimum Gasteiger partial charge on any atom is -0.378 e. The molecule has 0 fully saturated rings. The van der Waals surface area contributed by atoms with Crippen LogP contribution in [0.5, 0.6) is 0 Å². The van der Waals surface area contributed by atoms with E-state index in [4.69, 9.17) is 9.72 Å². The largest absolute Gasteiger partial charge is 0.378 e. The minimum absolute atomic E-state index is 0.627. The second-order valence-corrected chi connectivity index (χ2v) is 8.88. The predicted molar refractivity (Wildman–Crippen MR) is 149 cm³/mol. The van der Waals surface area contributed by atoms with Gasteiger partial charge in [0.2, 0.25) is 0 Å². The van der Waals surface area contributed by atoms with Crippen molar-refractivity contribution in [3.8, 4) is 33.9 Å². The first kappa shape index (κ1) is 24.3. The van der Waals surface area contributed by atoms with Gasteiger partial charge in [0.05, 0.1) is 18.0 Å². The molecule has 0 aliphatic rings. The third-order valence-corrected chi connectivity index (χ3v) is 5.95. The van der Waals surface area contributed by atoms with E-state index in [0.717, 1.165) is 51.8 Å². The van der Waals surface area contributed by atoms with E-state index in [1.165, 1.54) is 5.69 Å². The molecular formula is C30H34N4O. The highest BCUT2D eigenvalue weighted by Gasteiger charge is 2.16. The molecule has 180 valence electrons. The topological polar surface area (TPSA) is 44.4 Å². The molecule has 0 saturated heterocycles. The maximum absolute atomic E-state index is 5.38. The Morgan fingerprint density at radius 3 is 1.83 bits per heavy atom. The lowest BCUT2D eigenvalue weighted by Crippen LogP contribution is -2.08. The van der Waals surface area contributed by atoms with Gasteiger partial charge in [-0.2, -0.15) is 0 Å². The number of ether oxygens (including phenoxy) is 1. The van der Waals surface area contributed by atoms with Crippen molar-refractivity contribution in [2.75, 3.05) is 51.2 Å². The number of nitrogens with zero attached hydrogens (tertiary/aromatic N) is 3. The van der Waals surface area contributed by atoms with Crippen LogP contribution in [-0.4, -0.2) is 51.4 Å². The van der Waals surface area contributed by atoms with Crippen LogP contribution in [0.1, 0.15) is 12.5 Å². The van der Waals surface area contributed by atoms with Crippen LogP contribution in [0.4, 0.5) is 11.4 Å². The van der Waals surface area contributed by atoms with E-state index in [9.17, 15) is 0 Å². The Bertz CT molecular complexity index is 1180. The summed E-state index contributed by atoms with van der Waals surface area (Å²) in [6, 6.07) is 25.5. The van der Waals surface area contributed by atoms with Crippen LogP contribution in [0, 0.1) is 0 Å². The number of aromatic amines is 1. The Morgan fingerprint density at radius 2 is 1.29 bits per heavy atom. The number of imidazole rings is 1. The van der Waals surface area contributed by atoms with Gasteiger partial charge in [-0.05, 0) is 36.8 Å². The van der Waals surface area contributed by atoms with Gasteiger partial charge in [0.1, 0.15) is 5.82 Å². The van der Waals surface area contributed by atoms with Crippen molar-refractivity contribution in [1.29, 1.82) is 0 Å². The molecule has 35 heavy (non-hydrogen) atoms. The van der Waals surface area contributed by atoms with Gasteiger partial charge in [-0.15, -0.1) is 0 Å². The fourth-order valence-corrected chi connectivity index (χ4v) is 3.89. The SMILES string of the molecule is CCOCC=Cc1ccc(-c2nc(-c3ccc(N(C)C)cc3)c(-c3ccc(N(C)C)cc3)[nH]2)cc1. The van der Waals surface area contributed by atoms with E-state index in [1.54, 1.807) is 0 Å². The number of H-pyrrole nitrogens is 1. The van der Waals surface area contributed by atoms with Crippen molar-refractivity contribution >= 4 is 17.5 Å². The van der Waals surface area contributed by atoms with Crippen LogP contribution >= 0.6 is 0 Å². The molecule has 0 aliphatic heterocycles. The van der Waals surface area contributed by atoms with Crippen LogP contribution in [0.3, 0.4) is 0 Å². The van der Waals surface area contributed by atoms with Gasteiger partial charge in [-0.25, -0.2) is 4.98 Å². The molecule has 0 saturated carbocycles. The number of anilines is 2. The summed E-state index contributed by atoms with van der Waals surface area (Å²) in [5, 5.41) is 0. The van der Waals surface area contributed by atoms with Gasteiger partial charge in [0, 0.05) is 62.9 Å². The maximum atomic E-state index is 5.38. The van der Waals surface area contributed by atoms with Gasteiger partial charge < -0.3 is 19.5 Å². The van der Waals surface area contributed by atoms with E-state index in [0.29, 0.717) is 6.61 Å². The average Bonchev–Trinajstić information content (AvgIpc) is 3.32. The average molecular weight is 467 g/mol. The van der Waals surface area contributed by atoms with Crippen molar-refractivity contribution in [1.82, 2.24) is 9.97 Å². The van der Waals surface area contributed by atoms with Crippen LogP contribution in [0.25, 0.3) is 40.0 Å². The lowest BCUT2D eigenvalue weighted by Gasteiger charge is -2.13. The smallest absolute Gasteiger partial charge is 0.138 e. The normalized spacial score (nSPS) is 11.2. The van der Waals surface area contributed by atoms with Crippen molar-refractivity contribution in [3.63, 3.8) is 0 Å². The highest BCUT2D eigenvalue weighted by atomic mass is 16.5. The Labute approximate surface area is 208 Å². The Morgan fingerprint density at radius 1 is 0.743 bits per heavy atom. The summed E-state index contributed by atoms with van der Waals surface area (Å²) in [6.45, 7) is 3.35. The van der Waals surface area contributed by atoms with Crippen molar-refractivity contribution in [2.24, 2.45) is 0 Å². The second kappa shape index (κ2) is 11.1. The van der Waals surface area contributed by atoms with Gasteiger partial charge in [0.15, 0.2) is 0 Å². The van der Waals surface area contributed by atoms with E-state index < -0.39 is 0 Å². The summed E-state index contributed by atoms with van der Waals surface area (Å²) in [5.41, 5.74) is 8.67. The molecule has 5 heteroatoms. The molecule has 5 nitrogen and oxygen atoms in total. The molecule has 3 aromatic carbocycles. The van der Waals surface area contributed by atoms with Crippen LogP contribution in [0.15, 0.2) is 78.9 Å². The molecule has 4 rings (SSSR count). The summed E-state index contributed by atoms with van der Waals surface area (Å²) in [6.07, 6.45) is 4.12. The lowest BCUT2D eigenvalue weighted by atomic mass is 10.0. The predicted octanol–water partition coefficient (Wildman–Crippen LogP) is 6.59. The van der Waals surface area contributed by atoms with Gasteiger partial charge in [0.25, 0.3) is 0 Å². The molecule has 0 bridgehead atoms.